The minimum atomic E-state index is -0.266. The molecule has 26 heavy (non-hydrogen) atoms. The molecular weight excluding hydrogens is 353 g/mol. The van der Waals surface area contributed by atoms with E-state index in [0.29, 0.717) is 29.5 Å². The summed E-state index contributed by atoms with van der Waals surface area (Å²) in [4.78, 5) is 12.1. The van der Waals surface area contributed by atoms with Gasteiger partial charge in [-0.05, 0) is 53.6 Å². The highest BCUT2D eigenvalue weighted by Gasteiger charge is 2.05. The zero-order valence-corrected chi connectivity index (χ0v) is 14.7. The van der Waals surface area contributed by atoms with E-state index in [1.807, 2.05) is 24.3 Å². The monoisotopic (exact) mass is 369 g/mol. The Kier molecular flexibility index (Phi) is 5.87. The normalized spacial score (nSPS) is 10.4. The lowest BCUT2D eigenvalue weighted by molar-refractivity contribution is 0.0951. The van der Waals surface area contributed by atoms with Crippen LogP contribution in [0.1, 0.15) is 21.5 Å². The van der Waals surface area contributed by atoms with E-state index in [9.17, 15) is 9.18 Å². The molecule has 0 spiro atoms. The van der Waals surface area contributed by atoms with Crippen molar-refractivity contribution >= 4 is 17.5 Å². The van der Waals surface area contributed by atoms with Crippen LogP contribution in [-0.2, 0) is 13.2 Å². The molecule has 0 aliphatic carbocycles. The molecule has 0 atom stereocenters. The zero-order chi connectivity index (χ0) is 18.4. The second-order valence-corrected chi connectivity index (χ2v) is 6.19. The standard InChI is InChI=1S/C21H17ClFNO2/c22-18-3-1-2-17(12-18)21(25)24-13-15-6-10-20(11-7-15)26-14-16-4-8-19(23)9-5-16/h1-12H,13-14H2,(H,24,25). The first-order valence-corrected chi connectivity index (χ1v) is 8.48. The van der Waals surface area contributed by atoms with E-state index in [4.69, 9.17) is 16.3 Å². The molecule has 3 aromatic carbocycles. The predicted octanol–water partition coefficient (Wildman–Crippen LogP) is 4.99. The SMILES string of the molecule is O=C(NCc1ccc(OCc2ccc(F)cc2)cc1)c1cccc(Cl)c1. The van der Waals surface area contributed by atoms with Crippen molar-refractivity contribution in [3.8, 4) is 5.75 Å². The third-order valence-corrected chi connectivity index (χ3v) is 4.02. The smallest absolute Gasteiger partial charge is 0.251 e. The van der Waals surface area contributed by atoms with Crippen molar-refractivity contribution in [2.24, 2.45) is 0 Å². The summed E-state index contributed by atoms with van der Waals surface area (Å²) in [5.74, 6) is 0.265. The van der Waals surface area contributed by atoms with Gasteiger partial charge in [-0.3, -0.25) is 4.79 Å². The quantitative estimate of drug-likeness (QED) is 0.664. The lowest BCUT2D eigenvalue weighted by Gasteiger charge is -2.09. The van der Waals surface area contributed by atoms with Gasteiger partial charge < -0.3 is 10.1 Å². The Morgan fingerprint density at radius 1 is 0.962 bits per heavy atom. The zero-order valence-electron chi connectivity index (χ0n) is 13.9. The summed E-state index contributed by atoms with van der Waals surface area (Å²) in [5.41, 5.74) is 2.37. The Bertz CT molecular complexity index is 879. The molecule has 1 N–H and O–H groups in total. The molecule has 0 bridgehead atoms. The average Bonchev–Trinajstić information content (AvgIpc) is 2.66. The second kappa shape index (κ2) is 8.50. The van der Waals surface area contributed by atoms with Gasteiger partial charge in [-0.25, -0.2) is 4.39 Å². The summed E-state index contributed by atoms with van der Waals surface area (Å²) in [6.07, 6.45) is 0. The third-order valence-electron chi connectivity index (χ3n) is 3.78. The Morgan fingerprint density at radius 2 is 1.65 bits per heavy atom. The minimum absolute atomic E-state index is 0.177. The van der Waals surface area contributed by atoms with Crippen LogP contribution in [0.5, 0.6) is 5.75 Å². The Balaban J connectivity index is 1.51. The topological polar surface area (TPSA) is 38.3 Å². The number of rotatable bonds is 6. The maximum atomic E-state index is 12.9. The lowest BCUT2D eigenvalue weighted by Crippen LogP contribution is -2.22. The molecule has 0 saturated carbocycles. The van der Waals surface area contributed by atoms with Crippen LogP contribution in [0.3, 0.4) is 0 Å². The van der Waals surface area contributed by atoms with Gasteiger partial charge in [0, 0.05) is 17.1 Å². The summed E-state index contributed by atoms with van der Waals surface area (Å²) in [6.45, 7) is 0.773. The van der Waals surface area contributed by atoms with E-state index in [1.54, 1.807) is 36.4 Å². The molecule has 0 radical (unpaired) electrons. The van der Waals surface area contributed by atoms with Crippen molar-refractivity contribution in [2.45, 2.75) is 13.2 Å². The largest absolute Gasteiger partial charge is 0.489 e. The predicted molar refractivity (Wildman–Crippen MR) is 99.8 cm³/mol. The Hall–Kier alpha value is -2.85. The fraction of sp³-hybridized carbons (Fsp3) is 0.0952. The number of hydrogen-bond acceptors (Lipinski definition) is 2. The van der Waals surface area contributed by atoms with Crippen molar-refractivity contribution in [1.29, 1.82) is 0 Å². The highest BCUT2D eigenvalue weighted by atomic mass is 35.5. The summed E-state index contributed by atoms with van der Waals surface area (Å²) < 4.78 is 18.5. The molecule has 5 heteroatoms. The van der Waals surface area contributed by atoms with Crippen LogP contribution in [0, 0.1) is 5.82 Å². The van der Waals surface area contributed by atoms with Crippen LogP contribution in [0.4, 0.5) is 4.39 Å². The van der Waals surface area contributed by atoms with Crippen LogP contribution in [-0.4, -0.2) is 5.91 Å². The van der Waals surface area contributed by atoms with Crippen LogP contribution in [0.2, 0.25) is 5.02 Å². The van der Waals surface area contributed by atoms with Gasteiger partial charge in [-0.15, -0.1) is 0 Å². The highest BCUT2D eigenvalue weighted by Crippen LogP contribution is 2.15. The summed E-state index contributed by atoms with van der Waals surface area (Å²) in [6, 6.07) is 20.5. The molecule has 3 nitrogen and oxygen atoms in total. The first kappa shape index (κ1) is 18.0. The molecule has 0 aliphatic rings. The molecule has 0 aliphatic heterocycles. The van der Waals surface area contributed by atoms with Gasteiger partial charge >= 0.3 is 0 Å². The first-order valence-electron chi connectivity index (χ1n) is 8.10. The van der Waals surface area contributed by atoms with Crippen LogP contribution in [0.25, 0.3) is 0 Å². The lowest BCUT2D eigenvalue weighted by atomic mass is 10.2. The van der Waals surface area contributed by atoms with Crippen molar-refractivity contribution < 1.29 is 13.9 Å². The molecule has 1 amide bonds. The second-order valence-electron chi connectivity index (χ2n) is 5.75. The van der Waals surface area contributed by atoms with Gasteiger partial charge in [0.25, 0.3) is 5.91 Å². The third kappa shape index (κ3) is 5.07. The van der Waals surface area contributed by atoms with E-state index in [0.717, 1.165) is 11.1 Å². The Morgan fingerprint density at radius 3 is 2.35 bits per heavy atom. The number of halogens is 2. The van der Waals surface area contributed by atoms with Gasteiger partial charge in [0.05, 0.1) is 0 Å². The molecule has 0 unspecified atom stereocenters. The van der Waals surface area contributed by atoms with Gasteiger partial charge in [-0.2, -0.15) is 0 Å². The number of ether oxygens (including phenoxy) is 1. The van der Waals surface area contributed by atoms with E-state index in [-0.39, 0.29) is 11.7 Å². The molecule has 3 rings (SSSR count). The van der Waals surface area contributed by atoms with Crippen molar-refractivity contribution in [2.75, 3.05) is 0 Å². The molecule has 0 aromatic heterocycles. The number of carbonyl (C=O) groups excluding carboxylic acids is 1. The van der Waals surface area contributed by atoms with E-state index < -0.39 is 0 Å². The van der Waals surface area contributed by atoms with Crippen molar-refractivity contribution in [3.63, 3.8) is 0 Å². The summed E-state index contributed by atoms with van der Waals surface area (Å²) >= 11 is 5.89. The molecular formula is C21H17ClFNO2. The van der Waals surface area contributed by atoms with Gasteiger partial charge in [0.15, 0.2) is 0 Å². The molecule has 0 saturated heterocycles. The number of amides is 1. The Labute approximate surface area is 156 Å². The fourth-order valence-corrected chi connectivity index (χ4v) is 2.56. The van der Waals surface area contributed by atoms with Crippen LogP contribution < -0.4 is 10.1 Å². The van der Waals surface area contributed by atoms with E-state index in [1.165, 1.54) is 12.1 Å². The molecule has 132 valence electrons. The number of nitrogens with one attached hydrogen (secondary N) is 1. The van der Waals surface area contributed by atoms with Gasteiger partial charge in [0.1, 0.15) is 18.2 Å². The highest BCUT2D eigenvalue weighted by molar-refractivity contribution is 6.30. The molecule has 0 fully saturated rings. The molecule has 3 aromatic rings. The van der Waals surface area contributed by atoms with Gasteiger partial charge in [-0.1, -0.05) is 41.9 Å². The van der Waals surface area contributed by atoms with Crippen molar-refractivity contribution in [1.82, 2.24) is 5.32 Å². The average molecular weight is 370 g/mol. The number of carbonyl (C=O) groups is 1. The van der Waals surface area contributed by atoms with Crippen LogP contribution in [0.15, 0.2) is 72.8 Å². The summed E-state index contributed by atoms with van der Waals surface area (Å²) in [5, 5.41) is 3.38. The van der Waals surface area contributed by atoms with E-state index >= 15 is 0 Å². The fourth-order valence-electron chi connectivity index (χ4n) is 2.36. The first-order chi connectivity index (χ1) is 12.6. The summed E-state index contributed by atoms with van der Waals surface area (Å²) in [7, 11) is 0. The maximum absolute atomic E-state index is 12.9. The minimum Gasteiger partial charge on any atom is -0.489 e. The van der Waals surface area contributed by atoms with E-state index in [2.05, 4.69) is 5.32 Å². The van der Waals surface area contributed by atoms with Gasteiger partial charge in [0.2, 0.25) is 0 Å². The molecule has 0 heterocycles. The van der Waals surface area contributed by atoms with Crippen LogP contribution >= 0.6 is 11.6 Å². The van der Waals surface area contributed by atoms with Crippen molar-refractivity contribution in [3.05, 3.63) is 100 Å². The number of benzene rings is 3. The number of hydrogen-bond donors (Lipinski definition) is 1. The maximum Gasteiger partial charge on any atom is 0.251 e.